The zero-order valence-electron chi connectivity index (χ0n) is 29.3. The SMILES string of the molecule is CCN(CC)c1cccc(O)c1.CC[N+](CC)=c1ccc2nc3cc(C)c(NC)cc3oc-2c1.CNc1cc(OC)c(ON)cc1C. The third-order valence-corrected chi connectivity index (χ3v) is 7.97. The lowest BCUT2D eigenvalue weighted by Crippen LogP contribution is -2.29. The molecule has 3 aromatic rings. The maximum Gasteiger partial charge on any atom is 0.203 e. The summed E-state index contributed by atoms with van der Waals surface area (Å²) < 4.78 is 13.5. The number of aryl methyl sites for hydroxylation is 2. The van der Waals surface area contributed by atoms with Crippen LogP contribution in [0.15, 0.2) is 71.1 Å². The number of anilines is 3. The topological polar surface area (TPSA) is 121 Å². The van der Waals surface area contributed by atoms with Crippen LogP contribution in [0.1, 0.15) is 38.8 Å². The minimum absolute atomic E-state index is 0.333. The molecule has 2 aliphatic rings. The number of hydrogen-bond acceptors (Lipinski definition) is 9. The minimum atomic E-state index is 0.333. The normalized spacial score (nSPS) is 10.3. The summed E-state index contributed by atoms with van der Waals surface area (Å²) in [6.45, 7) is 16.5. The molecule has 47 heavy (non-hydrogen) atoms. The van der Waals surface area contributed by atoms with Gasteiger partial charge in [-0.3, -0.25) is 0 Å². The molecule has 0 aromatic heterocycles. The van der Waals surface area contributed by atoms with E-state index in [4.69, 9.17) is 20.0 Å². The van der Waals surface area contributed by atoms with Crippen LogP contribution in [0.25, 0.3) is 22.6 Å². The van der Waals surface area contributed by atoms with Crippen molar-refractivity contribution in [2.75, 3.05) is 62.9 Å². The standard InChI is InChI=1S/C18H21N3O.C10H15NO.C9H14N2O2/c1-5-21(6-2)13-7-8-14-17(10-13)22-18-11-15(19-4)12(3)9-16(18)20-14;1-3-11(4-2)9-6-5-7-10(12)8-9;1-6-4-9(13-10)8(12-3)5-7(6)11-2/h7-11H,5-6H2,1-4H3;5-8,12H,3-4H2,1-2H3;4-5,11H,10H2,1-3H3/p+1. The molecule has 0 spiro atoms. The molecule has 5 N–H and O–H groups in total. The number of benzene rings is 4. The average molecular weight is 644 g/mol. The molecule has 10 nitrogen and oxygen atoms in total. The lowest BCUT2D eigenvalue weighted by molar-refractivity contribution is 0.306. The predicted octanol–water partition coefficient (Wildman–Crippen LogP) is 6.63. The highest BCUT2D eigenvalue weighted by Crippen LogP contribution is 2.32. The van der Waals surface area contributed by atoms with E-state index in [1.54, 1.807) is 19.2 Å². The van der Waals surface area contributed by atoms with Gasteiger partial charge in [0.15, 0.2) is 22.8 Å². The number of methoxy groups -OCH3 is 1. The number of nitrogens with two attached hydrogens (primary N) is 1. The van der Waals surface area contributed by atoms with E-state index < -0.39 is 0 Å². The monoisotopic (exact) mass is 643 g/mol. The Morgan fingerprint density at radius 3 is 2.09 bits per heavy atom. The number of hydrogen-bond donors (Lipinski definition) is 4. The molecule has 1 aliphatic heterocycles. The summed E-state index contributed by atoms with van der Waals surface area (Å²) in [5.74, 6) is 7.40. The fraction of sp³-hybridized carbons (Fsp3) is 0.351. The molecule has 3 aromatic carbocycles. The van der Waals surface area contributed by atoms with Crippen LogP contribution in [0.4, 0.5) is 17.1 Å². The first-order valence-corrected chi connectivity index (χ1v) is 16.0. The molecule has 0 bridgehead atoms. The van der Waals surface area contributed by atoms with Crippen molar-refractivity contribution in [1.29, 1.82) is 0 Å². The van der Waals surface area contributed by atoms with Gasteiger partial charge in [-0.25, -0.2) is 9.56 Å². The van der Waals surface area contributed by atoms with Crippen LogP contribution in [0.5, 0.6) is 17.2 Å². The molecule has 5 rings (SSSR count). The highest BCUT2D eigenvalue weighted by atomic mass is 16.6. The summed E-state index contributed by atoms with van der Waals surface area (Å²) >= 11 is 0. The molecule has 0 radical (unpaired) electrons. The maximum absolute atomic E-state index is 9.23. The highest BCUT2D eigenvalue weighted by Gasteiger charge is 2.13. The van der Waals surface area contributed by atoms with Gasteiger partial charge in [0.1, 0.15) is 30.0 Å². The number of nitrogens with zero attached hydrogens (tertiary/aromatic N) is 3. The van der Waals surface area contributed by atoms with Gasteiger partial charge in [-0.1, -0.05) is 6.07 Å². The highest BCUT2D eigenvalue weighted by molar-refractivity contribution is 5.81. The molecule has 0 amide bonds. The van der Waals surface area contributed by atoms with Gasteiger partial charge in [0.05, 0.1) is 13.2 Å². The Morgan fingerprint density at radius 1 is 0.851 bits per heavy atom. The van der Waals surface area contributed by atoms with Gasteiger partial charge in [0, 0.05) is 68.5 Å². The van der Waals surface area contributed by atoms with Crippen molar-refractivity contribution in [1.82, 2.24) is 9.56 Å². The first-order valence-electron chi connectivity index (χ1n) is 16.0. The predicted molar refractivity (Wildman–Crippen MR) is 195 cm³/mol. The number of aromatic nitrogens is 1. The fourth-order valence-electron chi connectivity index (χ4n) is 5.28. The molecular formula is C37H51N6O4+. The Balaban J connectivity index is 0.000000206. The Hall–Kier alpha value is -4.96. The molecule has 0 saturated heterocycles. The van der Waals surface area contributed by atoms with Crippen molar-refractivity contribution in [2.45, 2.75) is 41.5 Å². The van der Waals surface area contributed by atoms with Crippen molar-refractivity contribution in [2.24, 2.45) is 5.90 Å². The van der Waals surface area contributed by atoms with Gasteiger partial charge < -0.3 is 34.6 Å². The summed E-state index contributed by atoms with van der Waals surface area (Å²) in [6, 6.07) is 21.3. The number of nitrogens with one attached hydrogen (secondary N) is 2. The quantitative estimate of drug-likeness (QED) is 0.0797. The summed E-state index contributed by atoms with van der Waals surface area (Å²) in [5, 5.41) is 16.6. The van der Waals surface area contributed by atoms with Crippen LogP contribution in [0, 0.1) is 13.8 Å². The van der Waals surface area contributed by atoms with Crippen LogP contribution in [0.2, 0.25) is 0 Å². The van der Waals surface area contributed by atoms with Crippen molar-refractivity contribution in [3.05, 3.63) is 83.2 Å². The Morgan fingerprint density at radius 2 is 1.51 bits per heavy atom. The number of rotatable bonds is 9. The molecule has 0 atom stereocenters. The second-order valence-electron chi connectivity index (χ2n) is 10.8. The van der Waals surface area contributed by atoms with Gasteiger partial charge in [0.25, 0.3) is 0 Å². The van der Waals surface area contributed by atoms with E-state index in [9.17, 15) is 5.11 Å². The number of fused-ring (bicyclic) bond motifs is 2. The van der Waals surface area contributed by atoms with Crippen LogP contribution in [-0.4, -0.2) is 57.5 Å². The zero-order valence-corrected chi connectivity index (χ0v) is 29.3. The van der Waals surface area contributed by atoms with E-state index in [0.717, 1.165) is 76.9 Å². The minimum Gasteiger partial charge on any atom is -0.508 e. The molecule has 10 heteroatoms. The van der Waals surface area contributed by atoms with Crippen molar-refractivity contribution < 1.29 is 19.1 Å². The Labute approximate surface area is 278 Å². The summed E-state index contributed by atoms with van der Waals surface area (Å²) in [4.78, 5) is 11.6. The van der Waals surface area contributed by atoms with Crippen molar-refractivity contribution in [3.63, 3.8) is 0 Å². The van der Waals surface area contributed by atoms with E-state index in [-0.39, 0.29) is 0 Å². The molecule has 0 saturated carbocycles. The summed E-state index contributed by atoms with van der Waals surface area (Å²) in [5.41, 5.74) is 7.95. The molecule has 1 aliphatic carbocycles. The van der Waals surface area contributed by atoms with Crippen molar-refractivity contribution in [3.8, 4) is 28.7 Å². The summed E-state index contributed by atoms with van der Waals surface area (Å²) in [7, 11) is 5.35. The van der Waals surface area contributed by atoms with Gasteiger partial charge >= 0.3 is 0 Å². The van der Waals surface area contributed by atoms with Gasteiger partial charge in [0.2, 0.25) is 5.36 Å². The third kappa shape index (κ3) is 9.29. The number of aromatic hydroxyl groups is 1. The molecule has 252 valence electrons. The number of ether oxygens (including phenoxy) is 1. The van der Waals surface area contributed by atoms with Crippen LogP contribution >= 0.6 is 0 Å². The first kappa shape index (κ1) is 36.5. The van der Waals surface area contributed by atoms with Gasteiger partial charge in [-0.15, -0.1) is 0 Å². The maximum atomic E-state index is 9.23. The van der Waals surface area contributed by atoms with Crippen LogP contribution < -0.4 is 40.9 Å². The van der Waals surface area contributed by atoms with Gasteiger partial charge in [-0.05, 0) is 83.0 Å². The zero-order chi connectivity index (χ0) is 34.5. The van der Waals surface area contributed by atoms with Crippen LogP contribution in [0.3, 0.4) is 0 Å². The van der Waals surface area contributed by atoms with Crippen LogP contribution in [-0.2, 0) is 0 Å². The first-order chi connectivity index (χ1) is 22.7. The third-order valence-electron chi connectivity index (χ3n) is 7.97. The molecule has 0 fully saturated rings. The van der Waals surface area contributed by atoms with E-state index in [0.29, 0.717) is 17.2 Å². The molecule has 0 unspecified atom stereocenters. The van der Waals surface area contributed by atoms with Crippen molar-refractivity contribution >= 4 is 28.2 Å². The molecule has 1 heterocycles. The van der Waals surface area contributed by atoms with Gasteiger partial charge in [-0.2, -0.15) is 5.90 Å². The molecular weight excluding hydrogens is 592 g/mol. The second-order valence-corrected chi connectivity index (χ2v) is 10.8. The Kier molecular flexibility index (Phi) is 13.7. The second kappa shape index (κ2) is 17.7. The fourth-order valence-corrected chi connectivity index (χ4v) is 5.28. The average Bonchev–Trinajstić information content (AvgIpc) is 3.08. The van der Waals surface area contributed by atoms with E-state index in [2.05, 4.69) is 77.8 Å². The largest absolute Gasteiger partial charge is 0.508 e. The van der Waals surface area contributed by atoms with E-state index in [1.807, 2.05) is 57.4 Å². The Bertz CT molecular complexity index is 1780. The number of phenolic OH excluding ortho intramolecular Hbond substituents is 1. The lowest BCUT2D eigenvalue weighted by atomic mass is 10.1. The summed E-state index contributed by atoms with van der Waals surface area (Å²) in [6.07, 6.45) is 0. The van der Waals surface area contributed by atoms with E-state index in [1.165, 1.54) is 5.36 Å². The lowest BCUT2D eigenvalue weighted by Gasteiger charge is -2.20. The smallest absolute Gasteiger partial charge is 0.203 e. The van der Waals surface area contributed by atoms with E-state index >= 15 is 0 Å². The number of phenols is 1.